The minimum atomic E-state index is 0.834. The van der Waals surface area contributed by atoms with E-state index in [4.69, 9.17) is 23.2 Å². The predicted octanol–water partition coefficient (Wildman–Crippen LogP) is 29.2. The number of benzene rings is 14. The standard InChI is InChI=1S/2C37H24N2O.C36H23N3O/c1-4-13-25(14-5-1)30-20-12-22-33(38-30)39-31-21-11-10-19-28(31)35-32(39)24-23-29-34(26-15-6-2-7-16-26)36(40-37(29)35)27-17-8-3-9-18-27;1-3-12-25(13-4-1)34-30-21-22-33-35(37(30)40-36(34)26-14-5-2-6-15-26)29-18-7-8-20-32(29)39(33)28-17-11-16-27(24-28)31-19-9-10-23-38-31;1-3-12-24(13-4-1)33-27-21-22-31-34(36(27)40-35(33)25-14-5-2-6-15-25)26-16-7-8-19-30(26)39(31)32-20-11-18-29(38-32)28-17-9-10-23-37-28/h2*1-24H;1-23H. The molecule has 0 aliphatic carbocycles. The smallest absolute Gasteiger partial charge is 0.145 e. The van der Waals surface area contributed by atoms with Crippen LogP contribution in [-0.4, -0.2) is 33.6 Å². The first-order valence-electron chi connectivity index (χ1n) is 40.3. The zero-order chi connectivity index (χ0) is 79.4. The summed E-state index contributed by atoms with van der Waals surface area (Å²) in [4.78, 5) is 19.3. The third-order valence-electron chi connectivity index (χ3n) is 22.8. The molecule has 0 N–H and O–H groups in total. The Labute approximate surface area is 690 Å². The lowest BCUT2D eigenvalue weighted by atomic mass is 9.98. The monoisotopic (exact) mass is 1540 g/mol. The normalized spacial score (nSPS) is 11.5. The number of hydrogen-bond acceptors (Lipinski definition) is 7. The molecule has 10 nitrogen and oxygen atoms in total. The summed E-state index contributed by atoms with van der Waals surface area (Å²) in [6.45, 7) is 0. The van der Waals surface area contributed by atoms with E-state index >= 15 is 0 Å². The van der Waals surface area contributed by atoms with Crippen molar-refractivity contribution in [2.75, 3.05) is 0 Å². The van der Waals surface area contributed by atoms with Gasteiger partial charge in [0.2, 0.25) is 0 Å². The summed E-state index contributed by atoms with van der Waals surface area (Å²) < 4.78 is 27.4. The summed E-state index contributed by atoms with van der Waals surface area (Å²) in [5.41, 5.74) is 26.0. The molecule has 24 rings (SSSR count). The molecule has 0 unspecified atom stereocenters. The molecule has 0 fully saturated rings. The molecule has 0 saturated heterocycles. The van der Waals surface area contributed by atoms with Gasteiger partial charge in [-0.2, -0.15) is 0 Å². The molecule has 24 aromatic rings. The van der Waals surface area contributed by atoms with Crippen molar-refractivity contribution in [1.29, 1.82) is 0 Å². The minimum absolute atomic E-state index is 0.834. The Bertz CT molecular complexity index is 7170. The highest BCUT2D eigenvalue weighted by molar-refractivity contribution is 6.25. The maximum absolute atomic E-state index is 6.88. The molecule has 10 heteroatoms. The third-order valence-corrected chi connectivity index (χ3v) is 22.8. The molecule has 14 aromatic carbocycles. The average Bonchev–Trinajstić information content (AvgIpc) is 1.57. The minimum Gasteiger partial charge on any atom is -0.455 e. The Balaban J connectivity index is 0.000000108. The van der Waals surface area contributed by atoms with Gasteiger partial charge in [0.05, 0.1) is 72.0 Å². The number of aromatic nitrogens is 7. The molecule has 0 spiro atoms. The van der Waals surface area contributed by atoms with Crippen molar-refractivity contribution >= 4 is 98.3 Å². The lowest BCUT2D eigenvalue weighted by molar-refractivity contribution is 0.635. The average molecular weight is 1540 g/mol. The van der Waals surface area contributed by atoms with Crippen LogP contribution in [0.3, 0.4) is 0 Å². The van der Waals surface area contributed by atoms with Crippen molar-refractivity contribution in [3.8, 4) is 119 Å². The van der Waals surface area contributed by atoms with E-state index in [-0.39, 0.29) is 0 Å². The largest absolute Gasteiger partial charge is 0.455 e. The Morgan fingerprint density at radius 1 is 0.192 bits per heavy atom. The number of furan rings is 3. The number of pyridine rings is 4. The van der Waals surface area contributed by atoms with Gasteiger partial charge < -0.3 is 17.8 Å². The fourth-order valence-electron chi connectivity index (χ4n) is 17.5. The molecule has 0 amide bonds. The quantitative estimate of drug-likeness (QED) is 0.120. The van der Waals surface area contributed by atoms with Crippen LogP contribution in [0.5, 0.6) is 0 Å². The topological polar surface area (TPSA) is 106 Å². The lowest BCUT2D eigenvalue weighted by Gasteiger charge is -2.10. The van der Waals surface area contributed by atoms with Gasteiger partial charge in [-0.25, -0.2) is 9.97 Å². The van der Waals surface area contributed by atoms with E-state index in [1.54, 1.807) is 6.20 Å². The molecule has 120 heavy (non-hydrogen) atoms. The molecule has 10 heterocycles. The first kappa shape index (κ1) is 70.3. The van der Waals surface area contributed by atoms with Crippen LogP contribution in [0.25, 0.3) is 217 Å². The van der Waals surface area contributed by atoms with Gasteiger partial charge in [0.15, 0.2) is 0 Å². The van der Waals surface area contributed by atoms with Crippen molar-refractivity contribution in [3.05, 3.63) is 431 Å². The van der Waals surface area contributed by atoms with E-state index in [1.165, 1.54) is 5.39 Å². The molecular formula is C110H71N7O3. The number of fused-ring (bicyclic) bond motifs is 15. The summed E-state index contributed by atoms with van der Waals surface area (Å²) >= 11 is 0. The summed E-state index contributed by atoms with van der Waals surface area (Å²) in [6, 6.07) is 145. The zero-order valence-electron chi connectivity index (χ0n) is 64.8. The maximum atomic E-state index is 6.88. The Kier molecular flexibility index (Phi) is 17.7. The second-order valence-electron chi connectivity index (χ2n) is 29.8. The molecule has 0 radical (unpaired) electrons. The molecule has 0 saturated carbocycles. The van der Waals surface area contributed by atoms with Crippen LogP contribution in [-0.2, 0) is 0 Å². The molecule has 0 atom stereocenters. The second-order valence-corrected chi connectivity index (χ2v) is 29.8. The van der Waals surface area contributed by atoms with Crippen LogP contribution in [0, 0.1) is 0 Å². The maximum Gasteiger partial charge on any atom is 0.145 e. The highest BCUT2D eigenvalue weighted by Crippen LogP contribution is 2.51. The van der Waals surface area contributed by atoms with Crippen LogP contribution < -0.4 is 0 Å². The van der Waals surface area contributed by atoms with E-state index in [0.29, 0.717) is 0 Å². The van der Waals surface area contributed by atoms with E-state index in [1.807, 2.05) is 97.2 Å². The van der Waals surface area contributed by atoms with Gasteiger partial charge in [-0.15, -0.1) is 0 Å². The summed E-state index contributed by atoms with van der Waals surface area (Å²) in [6.07, 6.45) is 3.64. The van der Waals surface area contributed by atoms with Crippen LogP contribution in [0.1, 0.15) is 0 Å². The highest BCUT2D eigenvalue weighted by atomic mass is 16.3. The van der Waals surface area contributed by atoms with Gasteiger partial charge in [-0.05, 0) is 132 Å². The third kappa shape index (κ3) is 12.3. The Morgan fingerprint density at radius 2 is 0.500 bits per heavy atom. The van der Waals surface area contributed by atoms with Crippen molar-refractivity contribution in [3.63, 3.8) is 0 Å². The van der Waals surface area contributed by atoms with Gasteiger partial charge in [0.25, 0.3) is 0 Å². The second kappa shape index (κ2) is 30.1. The lowest BCUT2D eigenvalue weighted by Crippen LogP contribution is -1.98. The van der Waals surface area contributed by atoms with Gasteiger partial charge in [0.1, 0.15) is 45.7 Å². The molecule has 10 aromatic heterocycles. The number of para-hydroxylation sites is 3. The van der Waals surface area contributed by atoms with E-state index in [0.717, 1.165) is 212 Å². The molecule has 0 aliphatic heterocycles. The Hall–Kier alpha value is -16.3. The number of rotatable bonds is 12. The fourth-order valence-corrected chi connectivity index (χ4v) is 17.5. The molecular weight excluding hydrogens is 1470 g/mol. The molecule has 564 valence electrons. The highest BCUT2D eigenvalue weighted by Gasteiger charge is 2.28. The van der Waals surface area contributed by atoms with Crippen molar-refractivity contribution in [2.24, 2.45) is 0 Å². The summed E-state index contributed by atoms with van der Waals surface area (Å²) in [5.74, 6) is 4.37. The Morgan fingerprint density at radius 3 is 0.900 bits per heavy atom. The van der Waals surface area contributed by atoms with Crippen LogP contribution >= 0.6 is 0 Å². The van der Waals surface area contributed by atoms with Gasteiger partial charge in [-0.1, -0.05) is 303 Å². The number of nitrogens with zero attached hydrogens (tertiary/aromatic N) is 7. The van der Waals surface area contributed by atoms with Gasteiger partial charge in [0, 0.05) is 94.9 Å². The van der Waals surface area contributed by atoms with Gasteiger partial charge >= 0.3 is 0 Å². The summed E-state index contributed by atoms with van der Waals surface area (Å²) in [7, 11) is 0. The number of hydrogen-bond donors (Lipinski definition) is 0. The summed E-state index contributed by atoms with van der Waals surface area (Å²) in [5, 5.41) is 10.0. The van der Waals surface area contributed by atoms with Crippen LogP contribution in [0.4, 0.5) is 0 Å². The molecule has 0 bridgehead atoms. The van der Waals surface area contributed by atoms with Crippen molar-refractivity contribution in [1.82, 2.24) is 33.6 Å². The predicted molar refractivity (Wildman–Crippen MR) is 492 cm³/mol. The van der Waals surface area contributed by atoms with Crippen molar-refractivity contribution < 1.29 is 13.3 Å². The van der Waals surface area contributed by atoms with Crippen LogP contribution in [0.2, 0.25) is 0 Å². The van der Waals surface area contributed by atoms with E-state index in [2.05, 4.69) is 351 Å². The van der Waals surface area contributed by atoms with E-state index in [9.17, 15) is 0 Å². The first-order chi connectivity index (χ1) is 59.6. The zero-order valence-corrected chi connectivity index (χ0v) is 64.8. The van der Waals surface area contributed by atoms with Gasteiger partial charge in [-0.3, -0.25) is 19.1 Å². The SMILES string of the molecule is c1ccc(-c2cccc(-n3c4ccccc4c4c5oc(-c6ccccc6)c(-c6ccccc6)c5ccc43)n2)cc1.c1ccc(-c2oc3c(ccc4c3c3ccccc3n4-c3cccc(-c4ccccn4)c3)c2-c2ccccc2)cc1.c1ccc(-c2oc3c(ccc4c3c3ccccc3n4-c3cccc(-c4ccccn4)n3)c2-c2ccccc2)cc1. The van der Waals surface area contributed by atoms with Crippen LogP contribution in [0.15, 0.2) is 444 Å². The van der Waals surface area contributed by atoms with E-state index < -0.39 is 0 Å². The fraction of sp³-hybridized carbons (Fsp3) is 0. The first-order valence-corrected chi connectivity index (χ1v) is 40.3. The van der Waals surface area contributed by atoms with Crippen molar-refractivity contribution in [2.45, 2.75) is 0 Å². The molecule has 0 aliphatic rings.